The minimum absolute atomic E-state index is 0.0560. The maximum atomic E-state index is 13.8. The van der Waals surface area contributed by atoms with Crippen LogP contribution in [-0.4, -0.2) is 26.2 Å². The highest BCUT2D eigenvalue weighted by atomic mass is 35.5. The Kier molecular flexibility index (Phi) is 6.81. The number of nitrogens with one attached hydrogen (secondary N) is 1. The van der Waals surface area contributed by atoms with Crippen LogP contribution in [0.25, 0.3) is 11.5 Å². The van der Waals surface area contributed by atoms with Crippen molar-refractivity contribution in [3.8, 4) is 11.5 Å². The zero-order valence-corrected chi connectivity index (χ0v) is 18.4. The van der Waals surface area contributed by atoms with Gasteiger partial charge in [-0.1, -0.05) is 46.2 Å². The monoisotopic (exact) mass is 473 g/mol. The van der Waals surface area contributed by atoms with Gasteiger partial charge < -0.3 is 14.3 Å². The molecule has 11 heteroatoms. The number of aromatic nitrogens is 4. The second-order valence-corrected chi connectivity index (χ2v) is 8.17. The molecule has 4 aromatic rings. The van der Waals surface area contributed by atoms with E-state index in [1.54, 1.807) is 0 Å². The molecule has 2 aromatic carbocycles. The van der Waals surface area contributed by atoms with E-state index in [-0.39, 0.29) is 29.5 Å². The zero-order valence-electron chi connectivity index (χ0n) is 16.8. The summed E-state index contributed by atoms with van der Waals surface area (Å²) < 4.78 is 24.6. The Balaban J connectivity index is 1.26. The minimum Gasteiger partial charge on any atom is -0.411 e. The fourth-order valence-electron chi connectivity index (χ4n) is 2.68. The molecule has 1 N–H and O–H groups in total. The van der Waals surface area contributed by atoms with Crippen LogP contribution < -0.4 is 5.32 Å². The lowest BCUT2D eigenvalue weighted by Crippen LogP contribution is -2.13. The van der Waals surface area contributed by atoms with E-state index >= 15 is 0 Å². The van der Waals surface area contributed by atoms with E-state index in [1.165, 1.54) is 23.9 Å². The molecule has 164 valence electrons. The lowest BCUT2D eigenvalue weighted by Gasteiger charge is -2.05. The van der Waals surface area contributed by atoms with Crippen LogP contribution >= 0.6 is 23.4 Å². The molecule has 0 aliphatic heterocycles. The summed E-state index contributed by atoms with van der Waals surface area (Å²) in [5.74, 6) is 0.553. The summed E-state index contributed by atoms with van der Waals surface area (Å²) in [7, 11) is 0. The van der Waals surface area contributed by atoms with Crippen LogP contribution in [0.1, 0.15) is 23.7 Å². The summed E-state index contributed by atoms with van der Waals surface area (Å²) in [6.45, 7) is 2.00. The number of hydrogen-bond acceptors (Lipinski definition) is 8. The van der Waals surface area contributed by atoms with Crippen molar-refractivity contribution in [2.24, 2.45) is 0 Å². The quantitative estimate of drug-likeness (QED) is 0.353. The van der Waals surface area contributed by atoms with Gasteiger partial charge in [-0.2, -0.15) is 4.98 Å². The predicted octanol–water partition coefficient (Wildman–Crippen LogP) is 5.08. The maximum Gasteiger partial charge on any atom is 0.277 e. The van der Waals surface area contributed by atoms with Crippen LogP contribution in [-0.2, 0) is 17.0 Å². The molecule has 0 aliphatic rings. The van der Waals surface area contributed by atoms with Gasteiger partial charge in [-0.05, 0) is 37.3 Å². The third-order valence-corrected chi connectivity index (χ3v) is 5.36. The van der Waals surface area contributed by atoms with Crippen LogP contribution in [0.5, 0.6) is 0 Å². The zero-order chi connectivity index (χ0) is 22.5. The fourth-order valence-corrected chi connectivity index (χ4v) is 3.45. The van der Waals surface area contributed by atoms with Crippen molar-refractivity contribution < 1.29 is 18.1 Å². The van der Waals surface area contributed by atoms with Crippen molar-refractivity contribution in [2.45, 2.75) is 30.7 Å². The third-order valence-electron chi connectivity index (χ3n) is 4.31. The predicted molar refractivity (Wildman–Crippen MR) is 117 cm³/mol. The highest BCUT2D eigenvalue weighted by Gasteiger charge is 2.14. The fraction of sp³-hybridized carbons (Fsp3) is 0.190. The van der Waals surface area contributed by atoms with Crippen molar-refractivity contribution in [2.75, 3.05) is 5.32 Å². The average Bonchev–Trinajstić information content (AvgIpc) is 3.43. The first-order chi connectivity index (χ1) is 15.5. The largest absolute Gasteiger partial charge is 0.411 e. The van der Waals surface area contributed by atoms with E-state index in [2.05, 4.69) is 25.7 Å². The Hall–Kier alpha value is -3.24. The molecule has 2 aromatic heterocycles. The molecule has 2 heterocycles. The van der Waals surface area contributed by atoms with Gasteiger partial charge in [0, 0.05) is 23.4 Å². The number of anilines is 1. The third kappa shape index (κ3) is 5.71. The highest BCUT2D eigenvalue weighted by Crippen LogP contribution is 2.25. The molecule has 0 fully saturated rings. The number of amides is 1. The molecule has 0 unspecified atom stereocenters. The van der Waals surface area contributed by atoms with Gasteiger partial charge in [0.2, 0.25) is 17.7 Å². The molecule has 0 saturated heterocycles. The Morgan fingerprint density at radius 2 is 2.00 bits per heavy atom. The number of carbonyl (C=O) groups excluding carboxylic acids is 1. The van der Waals surface area contributed by atoms with Gasteiger partial charge in [0.1, 0.15) is 5.82 Å². The normalized spacial score (nSPS) is 11.0. The van der Waals surface area contributed by atoms with E-state index in [0.717, 1.165) is 17.2 Å². The van der Waals surface area contributed by atoms with Crippen molar-refractivity contribution in [3.05, 3.63) is 70.6 Å². The van der Waals surface area contributed by atoms with Gasteiger partial charge in [0.05, 0.1) is 11.4 Å². The van der Waals surface area contributed by atoms with Crippen LogP contribution in [0, 0.1) is 12.7 Å². The number of carbonyl (C=O) groups is 1. The van der Waals surface area contributed by atoms with Crippen molar-refractivity contribution >= 4 is 35.0 Å². The maximum absolute atomic E-state index is 13.8. The number of halogens is 2. The van der Waals surface area contributed by atoms with Crippen molar-refractivity contribution in [1.29, 1.82) is 0 Å². The van der Waals surface area contributed by atoms with Crippen molar-refractivity contribution in [3.63, 3.8) is 0 Å². The van der Waals surface area contributed by atoms with Crippen LogP contribution in [0.4, 0.5) is 10.1 Å². The first-order valence-corrected chi connectivity index (χ1v) is 10.9. The number of hydrogen-bond donors (Lipinski definition) is 1. The first kappa shape index (κ1) is 22.0. The van der Waals surface area contributed by atoms with E-state index in [4.69, 9.17) is 20.5 Å². The van der Waals surface area contributed by atoms with E-state index < -0.39 is 5.82 Å². The van der Waals surface area contributed by atoms with Crippen LogP contribution in [0.15, 0.2) is 56.6 Å². The molecule has 0 aliphatic carbocycles. The van der Waals surface area contributed by atoms with Gasteiger partial charge in [-0.25, -0.2) is 4.39 Å². The van der Waals surface area contributed by atoms with E-state index in [9.17, 15) is 9.18 Å². The van der Waals surface area contributed by atoms with Gasteiger partial charge in [-0.15, -0.1) is 10.2 Å². The number of nitrogens with zero attached hydrogens (tertiary/aromatic N) is 4. The van der Waals surface area contributed by atoms with Gasteiger partial charge in [0.25, 0.3) is 5.22 Å². The van der Waals surface area contributed by atoms with Crippen molar-refractivity contribution in [1.82, 2.24) is 20.3 Å². The molecular weight excluding hydrogens is 457 g/mol. The summed E-state index contributed by atoms with van der Waals surface area (Å²) in [6, 6.07) is 11.8. The Morgan fingerprint density at radius 1 is 1.19 bits per heavy atom. The molecule has 0 spiro atoms. The SMILES string of the molecule is Cc1ccc(-c2nnc(SCc3noc(CCC(=O)Nc4ccc(Cl)cc4F)n3)o2)cc1. The van der Waals surface area contributed by atoms with E-state index in [1.807, 2.05) is 31.2 Å². The second-order valence-electron chi connectivity index (χ2n) is 6.80. The smallest absolute Gasteiger partial charge is 0.277 e. The Labute approximate surface area is 191 Å². The summed E-state index contributed by atoms with van der Waals surface area (Å²) in [5.41, 5.74) is 2.05. The molecule has 0 bridgehead atoms. The molecule has 4 rings (SSSR count). The first-order valence-electron chi connectivity index (χ1n) is 9.56. The second kappa shape index (κ2) is 9.92. The topological polar surface area (TPSA) is 107 Å². The van der Waals surface area contributed by atoms with Gasteiger partial charge in [0.15, 0.2) is 5.82 Å². The number of rotatable bonds is 8. The molecule has 0 atom stereocenters. The molecule has 1 amide bonds. The van der Waals surface area contributed by atoms with Gasteiger partial charge >= 0.3 is 0 Å². The molecule has 32 heavy (non-hydrogen) atoms. The molecular formula is C21H17ClFN5O3S. The summed E-state index contributed by atoms with van der Waals surface area (Å²) in [4.78, 5) is 16.3. The highest BCUT2D eigenvalue weighted by molar-refractivity contribution is 7.98. The summed E-state index contributed by atoms with van der Waals surface area (Å²) >= 11 is 6.98. The number of aryl methyl sites for hydroxylation is 2. The lowest BCUT2D eigenvalue weighted by molar-refractivity contribution is -0.116. The Bertz CT molecular complexity index is 1230. The van der Waals surface area contributed by atoms with Crippen LogP contribution in [0.3, 0.4) is 0 Å². The van der Waals surface area contributed by atoms with Gasteiger partial charge in [-0.3, -0.25) is 4.79 Å². The van der Waals surface area contributed by atoms with E-state index in [0.29, 0.717) is 28.6 Å². The lowest BCUT2D eigenvalue weighted by atomic mass is 10.1. The minimum atomic E-state index is -0.602. The number of benzene rings is 2. The molecule has 0 saturated carbocycles. The average molecular weight is 474 g/mol. The van der Waals surface area contributed by atoms with Crippen LogP contribution in [0.2, 0.25) is 5.02 Å². The standard InChI is InChI=1S/C21H17ClFN5O3S/c1-12-2-4-13(5-3-12)20-26-27-21(30-20)32-11-17-25-19(31-28-17)9-8-18(29)24-16-7-6-14(22)10-15(16)23/h2-7,10H,8-9,11H2,1H3,(H,24,29). The number of thioether (sulfide) groups is 1. The summed E-state index contributed by atoms with van der Waals surface area (Å²) in [6.07, 6.45) is 0.275. The molecule has 8 nitrogen and oxygen atoms in total. The molecule has 0 radical (unpaired) electrons. The Morgan fingerprint density at radius 3 is 2.78 bits per heavy atom. The summed E-state index contributed by atoms with van der Waals surface area (Å²) in [5, 5.41) is 15.1.